The van der Waals surface area contributed by atoms with Crippen molar-refractivity contribution in [1.82, 2.24) is 4.90 Å². The molecule has 0 fully saturated rings. The molecule has 0 atom stereocenters. The number of thiophene rings is 1. The first kappa shape index (κ1) is 17.5. The number of esters is 1. The number of nitrogens with zero attached hydrogens (tertiary/aromatic N) is 1. The maximum absolute atomic E-state index is 12.2. The van der Waals surface area contributed by atoms with Crippen molar-refractivity contribution < 1.29 is 14.3 Å². The van der Waals surface area contributed by atoms with Crippen LogP contribution in [0, 0.1) is 0 Å². The number of carbonyl (C=O) groups is 2. The second-order valence-electron chi connectivity index (χ2n) is 4.96. The van der Waals surface area contributed by atoms with Crippen LogP contribution in [0.25, 0.3) is 0 Å². The highest BCUT2D eigenvalue weighted by Gasteiger charge is 2.14. The average Bonchev–Trinajstić information content (AvgIpc) is 2.91. The van der Waals surface area contributed by atoms with Crippen LogP contribution >= 0.6 is 22.9 Å². The number of methoxy groups -OCH3 is 1. The molecule has 122 valence electrons. The van der Waals surface area contributed by atoms with E-state index in [0.717, 1.165) is 9.21 Å². The van der Waals surface area contributed by atoms with Gasteiger partial charge in [-0.25, -0.2) is 4.79 Å². The molecule has 0 aliphatic carbocycles. The lowest BCUT2D eigenvalue weighted by Gasteiger charge is -2.16. The number of anilines is 1. The summed E-state index contributed by atoms with van der Waals surface area (Å²) in [7, 11) is 3.15. The molecule has 5 nitrogen and oxygen atoms in total. The summed E-state index contributed by atoms with van der Waals surface area (Å²) in [5.74, 6) is -0.686. The number of nitrogens with one attached hydrogen (secondary N) is 1. The number of halogens is 1. The zero-order valence-corrected chi connectivity index (χ0v) is 14.4. The second kappa shape index (κ2) is 8.10. The molecule has 0 aliphatic heterocycles. The maximum atomic E-state index is 12.2. The number of benzene rings is 1. The summed E-state index contributed by atoms with van der Waals surface area (Å²) in [5.41, 5.74) is 0.771. The largest absolute Gasteiger partial charge is 0.465 e. The van der Waals surface area contributed by atoms with Gasteiger partial charge in [0.2, 0.25) is 5.91 Å². The Kier molecular flexibility index (Phi) is 6.15. The van der Waals surface area contributed by atoms with Crippen molar-refractivity contribution in [2.24, 2.45) is 0 Å². The Morgan fingerprint density at radius 3 is 2.65 bits per heavy atom. The molecule has 1 heterocycles. The monoisotopic (exact) mass is 352 g/mol. The van der Waals surface area contributed by atoms with Crippen LogP contribution in [0.2, 0.25) is 4.34 Å². The van der Waals surface area contributed by atoms with Crippen molar-refractivity contribution in [3.63, 3.8) is 0 Å². The minimum absolute atomic E-state index is 0.199. The molecule has 1 aromatic carbocycles. The number of rotatable bonds is 6. The predicted octanol–water partition coefficient (Wildman–Crippen LogP) is 3.26. The summed E-state index contributed by atoms with van der Waals surface area (Å²) in [6.07, 6.45) is 0. The third-order valence-corrected chi connectivity index (χ3v) is 4.29. The third kappa shape index (κ3) is 5.06. The summed E-state index contributed by atoms with van der Waals surface area (Å²) < 4.78 is 5.44. The first-order valence-corrected chi connectivity index (χ1v) is 8.09. The Bertz CT molecular complexity index is 702. The van der Waals surface area contributed by atoms with E-state index in [2.05, 4.69) is 5.32 Å². The topological polar surface area (TPSA) is 58.6 Å². The third-order valence-electron chi connectivity index (χ3n) is 3.07. The molecule has 0 radical (unpaired) electrons. The van der Waals surface area contributed by atoms with Gasteiger partial charge in [0, 0.05) is 11.4 Å². The van der Waals surface area contributed by atoms with E-state index >= 15 is 0 Å². The first-order chi connectivity index (χ1) is 11.0. The summed E-state index contributed by atoms with van der Waals surface area (Å²) in [6.45, 7) is 0.828. The fraction of sp³-hybridized carbons (Fsp3) is 0.250. The molecule has 23 heavy (non-hydrogen) atoms. The maximum Gasteiger partial charge on any atom is 0.339 e. The Labute approximate surface area is 143 Å². The molecular weight excluding hydrogens is 336 g/mol. The van der Waals surface area contributed by atoms with E-state index in [1.165, 1.54) is 18.4 Å². The number of hydrogen-bond donors (Lipinski definition) is 1. The number of amides is 1. The molecule has 0 saturated heterocycles. The molecule has 1 amide bonds. The van der Waals surface area contributed by atoms with E-state index in [9.17, 15) is 9.59 Å². The number of hydrogen-bond acceptors (Lipinski definition) is 5. The van der Waals surface area contributed by atoms with Crippen LogP contribution in [-0.2, 0) is 16.1 Å². The Morgan fingerprint density at radius 2 is 2.00 bits per heavy atom. The summed E-state index contributed by atoms with van der Waals surface area (Å²) >= 11 is 7.38. The quantitative estimate of drug-likeness (QED) is 0.811. The van der Waals surface area contributed by atoms with E-state index in [0.29, 0.717) is 17.8 Å². The molecule has 0 bridgehead atoms. The van der Waals surface area contributed by atoms with Crippen molar-refractivity contribution in [2.45, 2.75) is 6.54 Å². The highest BCUT2D eigenvalue weighted by atomic mass is 35.5. The van der Waals surface area contributed by atoms with Crippen LogP contribution in [-0.4, -0.2) is 37.5 Å². The standard InChI is InChI=1S/C16H17ClN2O3S/c1-19(9-11-7-8-14(17)23-11)10-15(20)18-13-6-4-3-5-12(13)16(21)22-2/h3-8H,9-10H2,1-2H3,(H,18,20). The molecule has 0 unspecified atom stereocenters. The Balaban J connectivity index is 1.95. The van der Waals surface area contributed by atoms with Crippen molar-refractivity contribution in [2.75, 3.05) is 26.0 Å². The lowest BCUT2D eigenvalue weighted by atomic mass is 10.2. The predicted molar refractivity (Wildman–Crippen MR) is 92.1 cm³/mol. The normalized spacial score (nSPS) is 10.6. The highest BCUT2D eigenvalue weighted by Crippen LogP contribution is 2.22. The second-order valence-corrected chi connectivity index (χ2v) is 6.76. The molecule has 2 rings (SSSR count). The number of ether oxygens (including phenoxy) is 1. The van der Waals surface area contributed by atoms with E-state index < -0.39 is 5.97 Å². The van der Waals surface area contributed by atoms with Gasteiger partial charge < -0.3 is 10.1 Å². The van der Waals surface area contributed by atoms with Gasteiger partial charge in [0.05, 0.1) is 29.2 Å². The summed E-state index contributed by atoms with van der Waals surface area (Å²) in [5, 5.41) is 2.74. The van der Waals surface area contributed by atoms with Crippen molar-refractivity contribution in [3.05, 3.63) is 51.2 Å². The molecule has 0 aliphatic rings. The molecular formula is C16H17ClN2O3S. The van der Waals surface area contributed by atoms with Gasteiger partial charge in [0.25, 0.3) is 0 Å². The van der Waals surface area contributed by atoms with Crippen molar-refractivity contribution in [1.29, 1.82) is 0 Å². The Morgan fingerprint density at radius 1 is 1.26 bits per heavy atom. The lowest BCUT2D eigenvalue weighted by Crippen LogP contribution is -2.30. The van der Waals surface area contributed by atoms with Gasteiger partial charge in [0.15, 0.2) is 0 Å². The van der Waals surface area contributed by atoms with Gasteiger partial charge >= 0.3 is 5.97 Å². The average molecular weight is 353 g/mol. The smallest absolute Gasteiger partial charge is 0.339 e. The fourth-order valence-corrected chi connectivity index (χ4v) is 3.24. The van der Waals surface area contributed by atoms with E-state index in [1.807, 2.05) is 24.1 Å². The minimum Gasteiger partial charge on any atom is -0.465 e. The minimum atomic E-state index is -0.484. The van der Waals surface area contributed by atoms with E-state index in [4.69, 9.17) is 16.3 Å². The SMILES string of the molecule is COC(=O)c1ccccc1NC(=O)CN(C)Cc1ccc(Cl)s1. The van der Waals surface area contributed by atoms with Crippen LogP contribution in [0.3, 0.4) is 0 Å². The number of likely N-dealkylation sites (N-methyl/N-ethyl adjacent to an activating group) is 1. The summed E-state index contributed by atoms with van der Waals surface area (Å²) in [6, 6.07) is 10.5. The van der Waals surface area contributed by atoms with Gasteiger partial charge in [-0.2, -0.15) is 0 Å². The molecule has 7 heteroatoms. The van der Waals surface area contributed by atoms with Crippen molar-refractivity contribution in [3.8, 4) is 0 Å². The highest BCUT2D eigenvalue weighted by molar-refractivity contribution is 7.16. The molecule has 0 spiro atoms. The van der Waals surface area contributed by atoms with Crippen LogP contribution in [0.4, 0.5) is 5.69 Å². The Hall–Kier alpha value is -1.89. The fourth-order valence-electron chi connectivity index (χ4n) is 2.07. The molecule has 0 saturated carbocycles. The van der Waals surface area contributed by atoms with Gasteiger partial charge in [-0.3, -0.25) is 9.69 Å². The number of para-hydroxylation sites is 1. The van der Waals surface area contributed by atoms with Crippen LogP contribution in [0.5, 0.6) is 0 Å². The van der Waals surface area contributed by atoms with Gasteiger partial charge in [-0.1, -0.05) is 23.7 Å². The zero-order valence-electron chi connectivity index (χ0n) is 12.8. The zero-order chi connectivity index (χ0) is 16.8. The van der Waals surface area contributed by atoms with E-state index in [-0.39, 0.29) is 12.5 Å². The molecule has 2 aromatic rings. The first-order valence-electron chi connectivity index (χ1n) is 6.89. The van der Waals surface area contributed by atoms with Crippen molar-refractivity contribution >= 4 is 40.5 Å². The molecule has 1 aromatic heterocycles. The van der Waals surface area contributed by atoms with Gasteiger partial charge in [-0.15, -0.1) is 11.3 Å². The van der Waals surface area contributed by atoms with Crippen LogP contribution in [0.1, 0.15) is 15.2 Å². The van der Waals surface area contributed by atoms with Crippen LogP contribution in [0.15, 0.2) is 36.4 Å². The van der Waals surface area contributed by atoms with E-state index in [1.54, 1.807) is 24.3 Å². The van der Waals surface area contributed by atoms with Gasteiger partial charge in [0.1, 0.15) is 0 Å². The van der Waals surface area contributed by atoms with Gasteiger partial charge in [-0.05, 0) is 31.3 Å². The number of carbonyl (C=O) groups excluding carboxylic acids is 2. The lowest BCUT2D eigenvalue weighted by molar-refractivity contribution is -0.117. The summed E-state index contributed by atoms with van der Waals surface area (Å²) in [4.78, 5) is 26.8. The van der Waals surface area contributed by atoms with Crippen LogP contribution < -0.4 is 5.32 Å². The molecule has 1 N–H and O–H groups in total.